The second-order valence-electron chi connectivity index (χ2n) is 7.22. The minimum Gasteiger partial charge on any atom is -0.394 e. The van der Waals surface area contributed by atoms with Gasteiger partial charge >= 0.3 is 0 Å². The molecule has 0 fully saturated rings. The van der Waals surface area contributed by atoms with Crippen molar-refractivity contribution in [3.8, 4) is 0 Å². The molecule has 0 bridgehead atoms. The van der Waals surface area contributed by atoms with Crippen molar-refractivity contribution in [1.29, 1.82) is 0 Å². The Labute approximate surface area is 149 Å². The van der Waals surface area contributed by atoms with Gasteiger partial charge in [-0.2, -0.15) is 0 Å². The minimum atomic E-state index is -0.195. The molecule has 0 saturated carbocycles. The SMILES string of the molecule is C[C@@H]1CN([C@H](C)CO)C(=O)CCCn2nncc2CO[C@H]1CN(C)C. The largest absolute Gasteiger partial charge is 0.394 e. The number of hydrogen-bond acceptors (Lipinski definition) is 6. The van der Waals surface area contributed by atoms with Crippen LogP contribution in [-0.2, 0) is 22.7 Å². The lowest BCUT2D eigenvalue weighted by Crippen LogP contribution is -2.47. The van der Waals surface area contributed by atoms with Crippen LogP contribution in [0.1, 0.15) is 32.4 Å². The van der Waals surface area contributed by atoms with Crippen molar-refractivity contribution < 1.29 is 14.6 Å². The van der Waals surface area contributed by atoms with Crippen LogP contribution in [0.4, 0.5) is 0 Å². The first-order valence-corrected chi connectivity index (χ1v) is 8.96. The molecule has 3 atom stereocenters. The summed E-state index contributed by atoms with van der Waals surface area (Å²) in [7, 11) is 4.02. The van der Waals surface area contributed by atoms with Gasteiger partial charge in [0, 0.05) is 32.0 Å². The van der Waals surface area contributed by atoms with E-state index in [1.54, 1.807) is 11.1 Å². The highest BCUT2D eigenvalue weighted by Crippen LogP contribution is 2.17. The van der Waals surface area contributed by atoms with Gasteiger partial charge in [-0.05, 0) is 27.4 Å². The van der Waals surface area contributed by atoms with E-state index in [1.807, 2.05) is 25.7 Å². The maximum atomic E-state index is 12.7. The first kappa shape index (κ1) is 19.8. The molecule has 0 aliphatic carbocycles. The van der Waals surface area contributed by atoms with E-state index in [0.717, 1.165) is 12.2 Å². The molecule has 0 aromatic carbocycles. The topological polar surface area (TPSA) is 83.7 Å². The number of amides is 1. The molecule has 1 amide bonds. The number of ether oxygens (including phenoxy) is 1. The third-order valence-corrected chi connectivity index (χ3v) is 4.68. The van der Waals surface area contributed by atoms with Crippen LogP contribution in [0.2, 0.25) is 0 Å². The fourth-order valence-electron chi connectivity index (χ4n) is 3.11. The lowest BCUT2D eigenvalue weighted by Gasteiger charge is -2.35. The van der Waals surface area contributed by atoms with Gasteiger partial charge in [0.05, 0.1) is 37.3 Å². The number of hydrogen-bond donors (Lipinski definition) is 1. The third kappa shape index (κ3) is 5.49. The Morgan fingerprint density at radius 1 is 1.48 bits per heavy atom. The molecule has 1 aromatic rings. The Balaban J connectivity index is 2.22. The molecular weight excluding hydrogens is 322 g/mol. The number of aromatic nitrogens is 3. The van der Waals surface area contributed by atoms with E-state index in [1.165, 1.54) is 0 Å². The van der Waals surface area contributed by atoms with Crippen molar-refractivity contribution in [2.45, 2.75) is 52.0 Å². The molecule has 0 radical (unpaired) electrons. The zero-order chi connectivity index (χ0) is 18.4. The summed E-state index contributed by atoms with van der Waals surface area (Å²) in [6.45, 7) is 6.38. The molecule has 1 aromatic heterocycles. The quantitative estimate of drug-likeness (QED) is 0.842. The number of carbonyl (C=O) groups excluding carboxylic acids is 1. The summed E-state index contributed by atoms with van der Waals surface area (Å²) in [5.74, 6) is 0.211. The smallest absolute Gasteiger partial charge is 0.222 e. The zero-order valence-electron chi connectivity index (χ0n) is 15.8. The van der Waals surface area contributed by atoms with Crippen LogP contribution in [-0.4, -0.2) is 81.7 Å². The summed E-state index contributed by atoms with van der Waals surface area (Å²) in [5, 5.41) is 17.6. The summed E-state index contributed by atoms with van der Waals surface area (Å²) < 4.78 is 7.99. The summed E-state index contributed by atoms with van der Waals surface area (Å²) in [6.07, 6.45) is 2.83. The van der Waals surface area contributed by atoms with Gasteiger partial charge in [-0.25, -0.2) is 4.68 Å². The van der Waals surface area contributed by atoms with Crippen molar-refractivity contribution in [1.82, 2.24) is 24.8 Å². The summed E-state index contributed by atoms with van der Waals surface area (Å²) >= 11 is 0. The Morgan fingerprint density at radius 2 is 2.24 bits per heavy atom. The maximum Gasteiger partial charge on any atom is 0.222 e. The fraction of sp³-hybridized carbons (Fsp3) is 0.824. The highest BCUT2D eigenvalue weighted by Gasteiger charge is 2.27. The van der Waals surface area contributed by atoms with E-state index in [9.17, 15) is 9.90 Å². The van der Waals surface area contributed by atoms with Crippen LogP contribution in [0, 0.1) is 5.92 Å². The number of rotatable bonds is 4. The monoisotopic (exact) mass is 353 g/mol. The summed E-state index contributed by atoms with van der Waals surface area (Å²) in [6, 6.07) is -0.195. The normalized spacial score (nSPS) is 24.6. The number of carbonyl (C=O) groups is 1. The number of nitrogens with zero attached hydrogens (tertiary/aromatic N) is 5. The van der Waals surface area contributed by atoms with Crippen molar-refractivity contribution in [2.75, 3.05) is 33.8 Å². The fourth-order valence-corrected chi connectivity index (χ4v) is 3.11. The Bertz CT molecular complexity index is 548. The molecular formula is C17H31N5O3. The van der Waals surface area contributed by atoms with Gasteiger partial charge in [-0.1, -0.05) is 12.1 Å². The average Bonchev–Trinajstić information content (AvgIpc) is 3.01. The molecule has 1 aliphatic rings. The molecule has 2 rings (SSSR count). The number of fused-ring (bicyclic) bond motifs is 1. The molecule has 1 aliphatic heterocycles. The van der Waals surface area contributed by atoms with Crippen molar-refractivity contribution in [2.24, 2.45) is 5.92 Å². The van der Waals surface area contributed by atoms with Crippen LogP contribution in [0.5, 0.6) is 0 Å². The van der Waals surface area contributed by atoms with Gasteiger partial charge in [0.15, 0.2) is 0 Å². The Morgan fingerprint density at radius 3 is 2.92 bits per heavy atom. The van der Waals surface area contributed by atoms with E-state index in [4.69, 9.17) is 4.74 Å². The van der Waals surface area contributed by atoms with Gasteiger partial charge < -0.3 is 19.6 Å². The van der Waals surface area contributed by atoms with Crippen LogP contribution in [0.25, 0.3) is 0 Å². The molecule has 8 nitrogen and oxygen atoms in total. The number of aryl methyl sites for hydroxylation is 1. The highest BCUT2D eigenvalue weighted by molar-refractivity contribution is 5.76. The summed E-state index contributed by atoms with van der Waals surface area (Å²) in [4.78, 5) is 16.6. The van der Waals surface area contributed by atoms with Crippen LogP contribution in [0.3, 0.4) is 0 Å². The molecule has 0 spiro atoms. The van der Waals surface area contributed by atoms with Crippen LogP contribution in [0.15, 0.2) is 6.20 Å². The highest BCUT2D eigenvalue weighted by atomic mass is 16.5. The second kappa shape index (κ2) is 9.26. The average molecular weight is 353 g/mol. The number of likely N-dealkylation sites (N-methyl/N-ethyl adjacent to an activating group) is 1. The van der Waals surface area contributed by atoms with E-state index < -0.39 is 0 Å². The third-order valence-electron chi connectivity index (χ3n) is 4.68. The lowest BCUT2D eigenvalue weighted by molar-refractivity contribution is -0.136. The minimum absolute atomic E-state index is 0.0287. The van der Waals surface area contributed by atoms with Crippen LogP contribution < -0.4 is 0 Å². The van der Waals surface area contributed by atoms with E-state index >= 15 is 0 Å². The van der Waals surface area contributed by atoms with Gasteiger partial charge in [-0.15, -0.1) is 5.10 Å². The van der Waals surface area contributed by atoms with Gasteiger partial charge in [0.25, 0.3) is 0 Å². The first-order valence-electron chi connectivity index (χ1n) is 8.96. The van der Waals surface area contributed by atoms with Gasteiger partial charge in [-0.3, -0.25) is 4.79 Å². The van der Waals surface area contributed by atoms with Crippen molar-refractivity contribution in [3.63, 3.8) is 0 Å². The maximum absolute atomic E-state index is 12.7. The van der Waals surface area contributed by atoms with E-state index in [2.05, 4.69) is 22.1 Å². The Hall–Kier alpha value is -1.51. The standard InChI is InChI=1S/C17H31N5O3/c1-13-9-21(14(2)11-23)17(24)6-5-7-22-15(8-18-19-22)12-25-16(13)10-20(3)4/h8,13-14,16,23H,5-7,9-12H2,1-4H3/t13-,14-,16+/m1/s1. The zero-order valence-corrected chi connectivity index (χ0v) is 15.8. The van der Waals surface area contributed by atoms with Crippen LogP contribution >= 0.6 is 0 Å². The molecule has 2 heterocycles. The van der Waals surface area contributed by atoms with Crippen molar-refractivity contribution in [3.05, 3.63) is 11.9 Å². The number of aliphatic hydroxyl groups is 1. The lowest BCUT2D eigenvalue weighted by atomic mass is 10.0. The molecule has 25 heavy (non-hydrogen) atoms. The predicted octanol–water partition coefficient (Wildman–Crippen LogP) is 0.364. The summed E-state index contributed by atoms with van der Waals surface area (Å²) in [5.41, 5.74) is 0.935. The molecule has 8 heteroatoms. The second-order valence-corrected chi connectivity index (χ2v) is 7.22. The predicted molar refractivity (Wildman–Crippen MR) is 93.8 cm³/mol. The Kier molecular flexibility index (Phi) is 7.34. The van der Waals surface area contributed by atoms with Gasteiger partial charge in [0.2, 0.25) is 5.91 Å². The number of aliphatic hydroxyl groups excluding tert-OH is 1. The first-order chi connectivity index (χ1) is 11.9. The van der Waals surface area contributed by atoms with E-state index in [-0.39, 0.29) is 30.6 Å². The van der Waals surface area contributed by atoms with Crippen molar-refractivity contribution >= 4 is 5.91 Å². The molecule has 1 N–H and O–H groups in total. The molecule has 142 valence electrons. The van der Waals surface area contributed by atoms with Gasteiger partial charge in [0.1, 0.15) is 0 Å². The molecule has 0 unspecified atom stereocenters. The van der Waals surface area contributed by atoms with E-state index in [0.29, 0.717) is 32.5 Å². The molecule has 0 saturated heterocycles.